The average molecular weight is 618 g/mol. The number of carbonyl (C=O) groups is 2. The summed E-state index contributed by atoms with van der Waals surface area (Å²) in [6.07, 6.45) is -3.50. The first kappa shape index (κ1) is 32.2. The van der Waals surface area contributed by atoms with E-state index < -0.39 is 59.1 Å². The minimum atomic E-state index is -4.74. The fourth-order valence-electron chi connectivity index (χ4n) is 4.78. The summed E-state index contributed by atoms with van der Waals surface area (Å²) in [5, 5.41) is 8.71. The molecule has 4 rings (SSSR count). The van der Waals surface area contributed by atoms with Gasteiger partial charge in [0.25, 0.3) is 5.91 Å². The standard InChI is InChI=1S/C31H29F6N5O2/c1-30(2,3)26-15-25(31(35,36)37)41-42(26)16-27(43)40-24(12-17-10-19(32)14-20(33)11-17)28-21(6-5-9-39-28)18-7-8-23(34)22(13-18)29(44)38-4/h5-11,13-15,24H,12,16H2,1-4H3,(H,38,44)(H,40,43)/t24-/m0/s1. The quantitative estimate of drug-likeness (QED) is 0.233. The molecular weight excluding hydrogens is 588 g/mol. The van der Waals surface area contributed by atoms with Gasteiger partial charge in [0.1, 0.15) is 24.0 Å². The molecule has 1 atom stereocenters. The van der Waals surface area contributed by atoms with Crippen LogP contribution < -0.4 is 10.6 Å². The summed E-state index contributed by atoms with van der Waals surface area (Å²) in [7, 11) is 1.34. The Morgan fingerprint density at radius 3 is 2.25 bits per heavy atom. The topological polar surface area (TPSA) is 88.9 Å². The number of benzene rings is 2. The highest BCUT2D eigenvalue weighted by molar-refractivity contribution is 5.95. The van der Waals surface area contributed by atoms with Crippen molar-refractivity contribution >= 4 is 11.8 Å². The Kier molecular flexibility index (Phi) is 9.17. The van der Waals surface area contributed by atoms with Gasteiger partial charge in [-0.3, -0.25) is 19.3 Å². The van der Waals surface area contributed by atoms with Crippen molar-refractivity contribution in [3.63, 3.8) is 0 Å². The number of carbonyl (C=O) groups excluding carboxylic acids is 2. The lowest BCUT2D eigenvalue weighted by Gasteiger charge is -2.23. The maximum absolute atomic E-state index is 14.4. The Bertz CT molecular complexity index is 1670. The van der Waals surface area contributed by atoms with Crippen molar-refractivity contribution in [3.05, 3.63) is 106 Å². The van der Waals surface area contributed by atoms with Gasteiger partial charge in [-0.2, -0.15) is 18.3 Å². The molecule has 2 aromatic heterocycles. The van der Waals surface area contributed by atoms with Gasteiger partial charge in [-0.25, -0.2) is 13.2 Å². The van der Waals surface area contributed by atoms with Crippen molar-refractivity contribution in [1.29, 1.82) is 0 Å². The van der Waals surface area contributed by atoms with Crippen LogP contribution in [-0.2, 0) is 29.4 Å². The third-order valence-corrected chi connectivity index (χ3v) is 6.75. The van der Waals surface area contributed by atoms with Crippen LogP contribution in [0.5, 0.6) is 0 Å². The largest absolute Gasteiger partial charge is 0.435 e. The molecule has 0 aliphatic carbocycles. The first-order valence-electron chi connectivity index (χ1n) is 13.4. The normalized spacial score (nSPS) is 12.6. The minimum absolute atomic E-state index is 0.156. The third-order valence-electron chi connectivity index (χ3n) is 6.75. The number of hydrogen-bond donors (Lipinski definition) is 2. The van der Waals surface area contributed by atoms with Crippen molar-refractivity contribution in [3.8, 4) is 11.1 Å². The van der Waals surface area contributed by atoms with Crippen LogP contribution in [0.25, 0.3) is 11.1 Å². The summed E-state index contributed by atoms with van der Waals surface area (Å²) >= 11 is 0. The lowest BCUT2D eigenvalue weighted by molar-refractivity contribution is -0.141. The Labute approximate surface area is 249 Å². The molecule has 0 bridgehead atoms. The van der Waals surface area contributed by atoms with Crippen LogP contribution >= 0.6 is 0 Å². The van der Waals surface area contributed by atoms with Crippen LogP contribution in [-0.4, -0.2) is 33.6 Å². The molecule has 44 heavy (non-hydrogen) atoms. The van der Waals surface area contributed by atoms with Crippen LogP contribution in [0.4, 0.5) is 26.3 Å². The number of aromatic nitrogens is 3. The van der Waals surface area contributed by atoms with E-state index in [9.17, 15) is 35.9 Å². The molecule has 0 radical (unpaired) electrons. The third kappa shape index (κ3) is 7.44. The van der Waals surface area contributed by atoms with Gasteiger partial charge in [0.05, 0.1) is 17.3 Å². The summed E-state index contributed by atoms with van der Waals surface area (Å²) < 4.78 is 84.0. The van der Waals surface area contributed by atoms with E-state index in [-0.39, 0.29) is 28.9 Å². The molecule has 4 aromatic rings. The summed E-state index contributed by atoms with van der Waals surface area (Å²) in [6, 6.07) is 9.63. The van der Waals surface area contributed by atoms with Crippen LogP contribution in [0, 0.1) is 17.5 Å². The van der Waals surface area contributed by atoms with E-state index in [1.807, 2.05) is 0 Å². The monoisotopic (exact) mass is 617 g/mol. The van der Waals surface area contributed by atoms with Crippen LogP contribution in [0.1, 0.15) is 59.8 Å². The second kappa shape index (κ2) is 12.5. The number of halogens is 6. The molecule has 0 saturated carbocycles. The first-order chi connectivity index (χ1) is 20.6. The van der Waals surface area contributed by atoms with Crippen LogP contribution in [0.2, 0.25) is 0 Å². The van der Waals surface area contributed by atoms with Gasteiger partial charge in [0.2, 0.25) is 5.91 Å². The highest BCUT2D eigenvalue weighted by atomic mass is 19.4. The van der Waals surface area contributed by atoms with Gasteiger partial charge in [-0.1, -0.05) is 32.9 Å². The zero-order chi connectivity index (χ0) is 32.4. The Morgan fingerprint density at radius 2 is 1.64 bits per heavy atom. The number of nitrogens with zero attached hydrogens (tertiary/aromatic N) is 3. The first-order valence-corrected chi connectivity index (χ1v) is 13.4. The molecule has 2 N–H and O–H groups in total. The molecule has 2 amide bonds. The van der Waals surface area contributed by atoms with E-state index in [2.05, 4.69) is 20.7 Å². The molecular formula is C31H29F6N5O2. The maximum Gasteiger partial charge on any atom is 0.435 e. The maximum atomic E-state index is 14.4. The fourth-order valence-corrected chi connectivity index (χ4v) is 4.78. The zero-order valence-corrected chi connectivity index (χ0v) is 24.2. The van der Waals surface area contributed by atoms with E-state index in [4.69, 9.17) is 0 Å². The summed E-state index contributed by atoms with van der Waals surface area (Å²) in [6.45, 7) is 4.43. The van der Waals surface area contributed by atoms with E-state index in [1.54, 1.807) is 32.9 Å². The average Bonchev–Trinajstić information content (AvgIpc) is 3.37. The van der Waals surface area contributed by atoms with Crippen molar-refractivity contribution in [2.24, 2.45) is 0 Å². The van der Waals surface area contributed by atoms with Gasteiger partial charge in [-0.05, 0) is 53.9 Å². The van der Waals surface area contributed by atoms with Crippen molar-refractivity contribution < 1.29 is 35.9 Å². The number of pyridine rings is 1. The summed E-state index contributed by atoms with van der Waals surface area (Å²) in [5.74, 6) is -3.92. The highest BCUT2D eigenvalue weighted by Crippen LogP contribution is 2.33. The molecule has 0 spiro atoms. The Balaban J connectivity index is 1.77. The van der Waals surface area contributed by atoms with Crippen LogP contribution in [0.15, 0.2) is 60.8 Å². The van der Waals surface area contributed by atoms with Gasteiger partial charge < -0.3 is 10.6 Å². The molecule has 0 aliphatic rings. The predicted octanol–water partition coefficient (Wildman–Crippen LogP) is 6.14. The van der Waals surface area contributed by atoms with Crippen molar-refractivity contribution in [1.82, 2.24) is 25.4 Å². The predicted molar refractivity (Wildman–Crippen MR) is 150 cm³/mol. The van der Waals surface area contributed by atoms with Gasteiger partial charge in [-0.15, -0.1) is 0 Å². The number of rotatable bonds is 8. The zero-order valence-electron chi connectivity index (χ0n) is 24.2. The summed E-state index contributed by atoms with van der Waals surface area (Å²) in [4.78, 5) is 30.0. The number of hydrogen-bond acceptors (Lipinski definition) is 4. The number of nitrogens with one attached hydrogen (secondary N) is 2. The van der Waals surface area contributed by atoms with Gasteiger partial charge >= 0.3 is 6.18 Å². The molecule has 0 aliphatic heterocycles. The van der Waals surface area contributed by atoms with Crippen LogP contribution in [0.3, 0.4) is 0 Å². The molecule has 2 heterocycles. The summed E-state index contributed by atoms with van der Waals surface area (Å²) in [5.41, 5.74) is -0.956. The lowest BCUT2D eigenvalue weighted by atomic mass is 9.92. The smallest absolute Gasteiger partial charge is 0.355 e. The molecule has 0 fully saturated rings. The second-order valence-corrected chi connectivity index (χ2v) is 11.1. The van der Waals surface area contributed by atoms with Crippen molar-refractivity contribution in [2.75, 3.05) is 7.05 Å². The fraction of sp³-hybridized carbons (Fsp3) is 0.290. The lowest BCUT2D eigenvalue weighted by Crippen LogP contribution is -2.35. The van der Waals surface area contributed by atoms with E-state index >= 15 is 0 Å². The molecule has 2 aromatic carbocycles. The highest BCUT2D eigenvalue weighted by Gasteiger charge is 2.37. The van der Waals surface area contributed by atoms with E-state index in [1.165, 1.54) is 25.4 Å². The number of amides is 2. The molecule has 232 valence electrons. The molecule has 13 heteroatoms. The Hall–Kier alpha value is -4.68. The number of alkyl halides is 3. The Morgan fingerprint density at radius 1 is 0.955 bits per heavy atom. The SMILES string of the molecule is CNC(=O)c1cc(-c2cccnc2[C@H](Cc2cc(F)cc(F)c2)NC(=O)Cn2nc(C(F)(F)F)cc2C(C)(C)C)ccc1F. The van der Waals surface area contributed by atoms with E-state index in [0.29, 0.717) is 17.2 Å². The molecule has 0 unspecified atom stereocenters. The van der Waals surface area contributed by atoms with Gasteiger partial charge in [0.15, 0.2) is 5.69 Å². The minimum Gasteiger partial charge on any atom is -0.355 e. The van der Waals surface area contributed by atoms with Crippen molar-refractivity contribution in [2.45, 2.75) is 51.4 Å². The molecule has 7 nitrogen and oxygen atoms in total. The van der Waals surface area contributed by atoms with E-state index in [0.717, 1.165) is 28.9 Å². The molecule has 0 saturated heterocycles. The second-order valence-electron chi connectivity index (χ2n) is 11.1. The van der Waals surface area contributed by atoms with Gasteiger partial charge in [0, 0.05) is 36.0 Å².